The summed E-state index contributed by atoms with van der Waals surface area (Å²) in [5.41, 5.74) is 3.95. The lowest BCUT2D eigenvalue weighted by molar-refractivity contribution is -0.122. The van der Waals surface area contributed by atoms with Gasteiger partial charge in [-0.2, -0.15) is 0 Å². The zero-order valence-corrected chi connectivity index (χ0v) is 16.9. The minimum absolute atomic E-state index is 0.0622. The van der Waals surface area contributed by atoms with E-state index in [1.54, 1.807) is 19.1 Å². The van der Waals surface area contributed by atoms with Gasteiger partial charge in [-0.05, 0) is 61.1 Å². The molecule has 4 nitrogen and oxygen atoms in total. The molecule has 0 aliphatic carbocycles. The van der Waals surface area contributed by atoms with E-state index >= 15 is 0 Å². The highest BCUT2D eigenvalue weighted by Gasteiger charge is 2.20. The lowest BCUT2D eigenvalue weighted by atomic mass is 9.91. The first kappa shape index (κ1) is 20.9. The molecule has 27 heavy (non-hydrogen) atoms. The van der Waals surface area contributed by atoms with E-state index in [-0.39, 0.29) is 17.1 Å². The van der Waals surface area contributed by atoms with Crippen LogP contribution in [0.1, 0.15) is 47.5 Å². The van der Waals surface area contributed by atoms with Gasteiger partial charge in [0.1, 0.15) is 5.82 Å². The number of halogens is 1. The summed E-state index contributed by atoms with van der Waals surface area (Å²) >= 11 is 0. The Balaban J connectivity index is 2.15. The van der Waals surface area contributed by atoms with Crippen molar-refractivity contribution < 1.29 is 9.18 Å². The van der Waals surface area contributed by atoms with Crippen molar-refractivity contribution in [1.29, 1.82) is 5.41 Å². The Morgan fingerprint density at radius 2 is 1.85 bits per heavy atom. The van der Waals surface area contributed by atoms with Gasteiger partial charge in [-0.1, -0.05) is 26.8 Å². The molecule has 0 spiro atoms. The molecule has 1 aromatic rings. The Morgan fingerprint density at radius 1 is 1.22 bits per heavy atom. The van der Waals surface area contributed by atoms with Crippen LogP contribution in [0.25, 0.3) is 0 Å². The zero-order valence-electron chi connectivity index (χ0n) is 16.9. The number of hydrogen-bond donors (Lipinski definition) is 2. The van der Waals surface area contributed by atoms with Crippen LogP contribution in [0.15, 0.2) is 47.2 Å². The summed E-state index contributed by atoms with van der Waals surface area (Å²) in [6.45, 7) is 11.3. The smallest absolute Gasteiger partial charge is 0.224 e. The summed E-state index contributed by atoms with van der Waals surface area (Å²) in [6, 6.07) is 6.52. The lowest BCUT2D eigenvalue weighted by Gasteiger charge is -2.29. The average Bonchev–Trinajstić information content (AvgIpc) is 2.58. The third-order valence-electron chi connectivity index (χ3n) is 4.59. The van der Waals surface area contributed by atoms with Gasteiger partial charge in [-0.15, -0.1) is 0 Å². The highest BCUT2D eigenvalue weighted by molar-refractivity contribution is 6.00. The monoisotopic (exact) mass is 371 g/mol. The molecule has 1 aliphatic heterocycles. The highest BCUT2D eigenvalue weighted by atomic mass is 19.1. The summed E-state index contributed by atoms with van der Waals surface area (Å²) in [7, 11) is 0. The van der Waals surface area contributed by atoms with Crippen molar-refractivity contribution in [1.82, 2.24) is 5.32 Å². The molecule has 1 heterocycles. The van der Waals surface area contributed by atoms with Crippen LogP contribution in [0.2, 0.25) is 0 Å². The van der Waals surface area contributed by atoms with Crippen molar-refractivity contribution in [3.05, 3.63) is 53.0 Å². The van der Waals surface area contributed by atoms with Gasteiger partial charge in [0.05, 0.1) is 11.4 Å². The molecule has 0 fully saturated rings. The van der Waals surface area contributed by atoms with Crippen LogP contribution < -0.4 is 10.2 Å². The number of nitrogens with zero attached hydrogens (tertiary/aromatic N) is 1. The zero-order chi connectivity index (χ0) is 20.2. The van der Waals surface area contributed by atoms with Crippen LogP contribution >= 0.6 is 0 Å². The molecular formula is C22H30FN3O. The van der Waals surface area contributed by atoms with E-state index in [9.17, 15) is 9.18 Å². The molecule has 1 amide bonds. The van der Waals surface area contributed by atoms with E-state index in [0.29, 0.717) is 17.8 Å². The van der Waals surface area contributed by atoms with E-state index < -0.39 is 0 Å². The number of allylic oxidation sites excluding steroid dienone is 2. The molecule has 0 radical (unpaired) electrons. The predicted molar refractivity (Wildman–Crippen MR) is 110 cm³/mol. The number of carbonyl (C=O) groups is 1. The van der Waals surface area contributed by atoms with E-state index in [0.717, 1.165) is 36.3 Å². The topological polar surface area (TPSA) is 56.2 Å². The van der Waals surface area contributed by atoms with Gasteiger partial charge in [0, 0.05) is 25.2 Å². The second kappa shape index (κ2) is 8.51. The first-order chi connectivity index (χ1) is 12.6. The molecule has 0 atom stereocenters. The lowest BCUT2D eigenvalue weighted by Crippen LogP contribution is -2.32. The average molecular weight is 372 g/mol. The molecule has 0 bridgehead atoms. The highest BCUT2D eigenvalue weighted by Crippen LogP contribution is 2.25. The fraction of sp³-hybridized carbons (Fsp3) is 0.455. The first-order valence-electron chi connectivity index (χ1n) is 9.33. The van der Waals surface area contributed by atoms with E-state index in [1.807, 2.05) is 27.7 Å². The quantitative estimate of drug-likeness (QED) is 0.729. The van der Waals surface area contributed by atoms with Gasteiger partial charge in [0.25, 0.3) is 0 Å². The molecule has 5 heteroatoms. The predicted octanol–water partition coefficient (Wildman–Crippen LogP) is 4.83. The number of hydrogen-bond acceptors (Lipinski definition) is 3. The van der Waals surface area contributed by atoms with Gasteiger partial charge in [-0.25, -0.2) is 4.39 Å². The molecular weight excluding hydrogens is 341 g/mol. The molecule has 0 saturated carbocycles. The Morgan fingerprint density at radius 3 is 2.33 bits per heavy atom. The maximum atomic E-state index is 13.1. The van der Waals surface area contributed by atoms with Crippen molar-refractivity contribution in [2.45, 2.75) is 47.5 Å². The Labute approximate surface area is 161 Å². The van der Waals surface area contributed by atoms with Gasteiger partial charge < -0.3 is 15.6 Å². The molecule has 0 aromatic heterocycles. The number of carbonyl (C=O) groups excluding carboxylic acids is 1. The second-order valence-electron chi connectivity index (χ2n) is 8.31. The number of amides is 1. The molecule has 1 aromatic carbocycles. The fourth-order valence-corrected chi connectivity index (χ4v) is 3.19. The SMILES string of the molecule is CC(=N)/C(NC(=O)CC(C)(C)C)=C(/C)C1=CCN(c2ccc(F)cc2)CC1. The van der Waals surface area contributed by atoms with Crippen LogP contribution in [0.5, 0.6) is 0 Å². The van der Waals surface area contributed by atoms with Crippen LogP contribution in [0, 0.1) is 16.6 Å². The van der Waals surface area contributed by atoms with E-state index in [1.165, 1.54) is 12.1 Å². The van der Waals surface area contributed by atoms with Gasteiger partial charge in [-0.3, -0.25) is 4.79 Å². The van der Waals surface area contributed by atoms with Gasteiger partial charge >= 0.3 is 0 Å². The normalized spacial score (nSPS) is 15.8. The van der Waals surface area contributed by atoms with Crippen molar-refractivity contribution in [3.8, 4) is 0 Å². The summed E-state index contributed by atoms with van der Waals surface area (Å²) < 4.78 is 13.1. The molecule has 146 valence electrons. The maximum Gasteiger partial charge on any atom is 0.224 e. The Bertz CT molecular complexity index is 770. The summed E-state index contributed by atoms with van der Waals surface area (Å²) in [5.74, 6) is -0.296. The number of rotatable bonds is 5. The molecule has 2 rings (SSSR count). The first-order valence-corrected chi connectivity index (χ1v) is 9.33. The van der Waals surface area contributed by atoms with Gasteiger partial charge in [0.2, 0.25) is 5.91 Å². The van der Waals surface area contributed by atoms with Gasteiger partial charge in [0.15, 0.2) is 0 Å². The number of nitrogens with one attached hydrogen (secondary N) is 2. The van der Waals surface area contributed by atoms with Crippen molar-refractivity contribution in [2.24, 2.45) is 5.41 Å². The third kappa shape index (κ3) is 6.05. The number of anilines is 1. The molecule has 0 saturated heterocycles. The van der Waals surface area contributed by atoms with Crippen molar-refractivity contribution in [2.75, 3.05) is 18.0 Å². The summed E-state index contributed by atoms with van der Waals surface area (Å²) in [5, 5.41) is 11.0. The molecule has 0 unspecified atom stereocenters. The van der Waals surface area contributed by atoms with Crippen molar-refractivity contribution >= 4 is 17.3 Å². The van der Waals surface area contributed by atoms with E-state index in [2.05, 4.69) is 16.3 Å². The summed E-state index contributed by atoms with van der Waals surface area (Å²) in [6.07, 6.45) is 3.35. The third-order valence-corrected chi connectivity index (χ3v) is 4.59. The second-order valence-corrected chi connectivity index (χ2v) is 8.31. The largest absolute Gasteiger partial charge is 0.367 e. The minimum Gasteiger partial charge on any atom is -0.367 e. The molecule has 2 N–H and O–H groups in total. The standard InChI is InChI=1S/C22H30FN3O/c1-15(21(16(2)24)25-20(27)14-22(3,4)5)17-10-12-26(13-11-17)19-8-6-18(23)7-9-19/h6-10,24H,11-14H2,1-5H3,(H,25,27)/b21-15+,24-16?. The maximum absolute atomic E-state index is 13.1. The van der Waals surface area contributed by atoms with Crippen LogP contribution in [0.3, 0.4) is 0 Å². The Hall–Kier alpha value is -2.43. The summed E-state index contributed by atoms with van der Waals surface area (Å²) in [4.78, 5) is 14.5. The van der Waals surface area contributed by atoms with Crippen LogP contribution in [0.4, 0.5) is 10.1 Å². The number of benzene rings is 1. The minimum atomic E-state index is -0.233. The van der Waals surface area contributed by atoms with Crippen LogP contribution in [-0.4, -0.2) is 24.7 Å². The molecule has 1 aliphatic rings. The van der Waals surface area contributed by atoms with E-state index in [4.69, 9.17) is 5.41 Å². The van der Waals surface area contributed by atoms with Crippen LogP contribution in [-0.2, 0) is 4.79 Å². The van der Waals surface area contributed by atoms with Crippen molar-refractivity contribution in [3.63, 3.8) is 0 Å². The fourth-order valence-electron chi connectivity index (χ4n) is 3.19. The Kier molecular flexibility index (Phi) is 6.58.